The molecule has 2 aromatic heterocycles. The maximum absolute atomic E-state index is 3.55. The Kier molecular flexibility index (Phi) is 3.57. The highest BCUT2D eigenvalue weighted by Gasteiger charge is 2.08. The summed E-state index contributed by atoms with van der Waals surface area (Å²) in [5.41, 5.74) is 1.39. The summed E-state index contributed by atoms with van der Waals surface area (Å²) in [6.07, 6.45) is 0. The van der Waals surface area contributed by atoms with Crippen molar-refractivity contribution in [1.82, 2.24) is 5.32 Å². The Hall–Kier alpha value is -0.640. The van der Waals surface area contributed by atoms with Gasteiger partial charge in [-0.05, 0) is 42.3 Å². The minimum Gasteiger partial charge on any atom is -0.305 e. The Labute approximate surface area is 98.8 Å². The molecular formula is C12H15NS2. The van der Waals surface area contributed by atoms with Crippen molar-refractivity contribution in [3.63, 3.8) is 0 Å². The second kappa shape index (κ2) is 4.92. The van der Waals surface area contributed by atoms with Crippen molar-refractivity contribution in [1.29, 1.82) is 0 Å². The summed E-state index contributed by atoms with van der Waals surface area (Å²) >= 11 is 3.64. The van der Waals surface area contributed by atoms with Gasteiger partial charge in [0.05, 0.1) is 0 Å². The van der Waals surface area contributed by atoms with Crippen LogP contribution < -0.4 is 5.32 Å². The fraction of sp³-hybridized carbons (Fsp3) is 0.333. The van der Waals surface area contributed by atoms with E-state index in [-0.39, 0.29) is 0 Å². The van der Waals surface area contributed by atoms with Gasteiger partial charge < -0.3 is 5.32 Å². The van der Waals surface area contributed by atoms with E-state index in [0.717, 1.165) is 6.54 Å². The molecule has 0 spiro atoms. The maximum atomic E-state index is 3.55. The highest BCUT2D eigenvalue weighted by molar-refractivity contribution is 7.10. The van der Waals surface area contributed by atoms with Crippen molar-refractivity contribution in [2.45, 2.75) is 26.4 Å². The highest BCUT2D eigenvalue weighted by Crippen LogP contribution is 2.23. The summed E-state index contributed by atoms with van der Waals surface area (Å²) in [6.45, 7) is 5.37. The van der Waals surface area contributed by atoms with Gasteiger partial charge in [0.25, 0.3) is 0 Å². The average molecular weight is 237 g/mol. The van der Waals surface area contributed by atoms with Gasteiger partial charge in [-0.1, -0.05) is 6.07 Å². The Balaban J connectivity index is 1.93. The Morgan fingerprint density at radius 1 is 1.27 bits per heavy atom. The van der Waals surface area contributed by atoms with Crippen LogP contribution in [0.5, 0.6) is 0 Å². The molecule has 0 radical (unpaired) electrons. The van der Waals surface area contributed by atoms with Crippen molar-refractivity contribution in [2.24, 2.45) is 0 Å². The molecule has 0 bridgehead atoms. The van der Waals surface area contributed by atoms with Gasteiger partial charge in [0.2, 0.25) is 0 Å². The number of aryl methyl sites for hydroxylation is 1. The molecule has 0 aromatic carbocycles. The molecule has 1 atom stereocenters. The molecule has 0 saturated heterocycles. The van der Waals surface area contributed by atoms with E-state index < -0.39 is 0 Å². The lowest BCUT2D eigenvalue weighted by atomic mass is 10.2. The molecule has 1 N–H and O–H groups in total. The lowest BCUT2D eigenvalue weighted by Crippen LogP contribution is -2.17. The fourth-order valence-corrected chi connectivity index (χ4v) is 3.20. The van der Waals surface area contributed by atoms with Crippen molar-refractivity contribution >= 4 is 22.7 Å². The van der Waals surface area contributed by atoms with E-state index in [1.54, 1.807) is 0 Å². The van der Waals surface area contributed by atoms with Gasteiger partial charge in [-0.3, -0.25) is 0 Å². The predicted molar refractivity (Wildman–Crippen MR) is 68.6 cm³/mol. The van der Waals surface area contributed by atoms with Gasteiger partial charge in [-0.15, -0.1) is 22.7 Å². The van der Waals surface area contributed by atoms with Crippen molar-refractivity contribution in [3.05, 3.63) is 44.3 Å². The number of nitrogens with one attached hydrogen (secondary N) is 1. The lowest BCUT2D eigenvalue weighted by Gasteiger charge is -2.12. The van der Waals surface area contributed by atoms with Gasteiger partial charge in [-0.2, -0.15) is 0 Å². The Bertz CT molecular complexity index is 403. The smallest absolute Gasteiger partial charge is 0.0391 e. The minimum absolute atomic E-state index is 0.451. The molecule has 2 rings (SSSR count). The second-order valence-electron chi connectivity index (χ2n) is 3.65. The molecule has 0 fully saturated rings. The number of hydrogen-bond donors (Lipinski definition) is 1. The van der Waals surface area contributed by atoms with E-state index in [1.165, 1.54) is 15.3 Å². The van der Waals surface area contributed by atoms with E-state index in [4.69, 9.17) is 0 Å². The normalized spacial score (nSPS) is 12.9. The molecule has 0 saturated carbocycles. The van der Waals surface area contributed by atoms with Crippen LogP contribution in [0, 0.1) is 6.92 Å². The third kappa shape index (κ3) is 2.68. The molecule has 0 aliphatic rings. The molecule has 3 heteroatoms. The van der Waals surface area contributed by atoms with Crippen molar-refractivity contribution in [2.75, 3.05) is 0 Å². The third-order valence-electron chi connectivity index (χ3n) is 2.46. The maximum Gasteiger partial charge on any atom is 0.0391 e. The van der Waals surface area contributed by atoms with Crippen LogP contribution in [-0.4, -0.2) is 0 Å². The van der Waals surface area contributed by atoms with E-state index in [1.807, 2.05) is 22.7 Å². The van der Waals surface area contributed by atoms with Gasteiger partial charge in [0.15, 0.2) is 0 Å². The minimum atomic E-state index is 0.451. The first-order valence-electron chi connectivity index (χ1n) is 5.07. The van der Waals surface area contributed by atoms with Crippen LogP contribution >= 0.6 is 22.7 Å². The molecule has 2 heterocycles. The Morgan fingerprint density at radius 3 is 2.73 bits per heavy atom. The number of hydrogen-bond acceptors (Lipinski definition) is 3. The molecule has 1 unspecified atom stereocenters. The first kappa shape index (κ1) is 10.9. The zero-order valence-electron chi connectivity index (χ0n) is 8.99. The van der Waals surface area contributed by atoms with Crippen LogP contribution in [-0.2, 0) is 6.54 Å². The van der Waals surface area contributed by atoms with Crippen LogP contribution in [0.25, 0.3) is 0 Å². The molecular weight excluding hydrogens is 222 g/mol. The van der Waals surface area contributed by atoms with Crippen LogP contribution in [0.15, 0.2) is 29.0 Å². The summed E-state index contributed by atoms with van der Waals surface area (Å²) in [4.78, 5) is 2.85. The number of rotatable bonds is 4. The topological polar surface area (TPSA) is 12.0 Å². The quantitative estimate of drug-likeness (QED) is 0.848. The van der Waals surface area contributed by atoms with Crippen molar-refractivity contribution in [3.8, 4) is 0 Å². The van der Waals surface area contributed by atoms with Crippen LogP contribution in [0.2, 0.25) is 0 Å². The molecule has 0 amide bonds. The highest BCUT2D eigenvalue weighted by atomic mass is 32.1. The summed E-state index contributed by atoms with van der Waals surface area (Å²) < 4.78 is 0. The largest absolute Gasteiger partial charge is 0.305 e. The monoisotopic (exact) mass is 237 g/mol. The zero-order chi connectivity index (χ0) is 10.7. The van der Waals surface area contributed by atoms with Crippen LogP contribution in [0.4, 0.5) is 0 Å². The van der Waals surface area contributed by atoms with Gasteiger partial charge >= 0.3 is 0 Å². The molecule has 1 nitrogen and oxygen atoms in total. The van der Waals surface area contributed by atoms with Gasteiger partial charge in [0.1, 0.15) is 0 Å². The average Bonchev–Trinajstić information content (AvgIpc) is 2.84. The van der Waals surface area contributed by atoms with E-state index in [0.29, 0.717) is 6.04 Å². The third-order valence-corrected chi connectivity index (χ3v) is 4.54. The number of thiophene rings is 2. The van der Waals surface area contributed by atoms with Crippen molar-refractivity contribution < 1.29 is 0 Å². The first-order valence-corrected chi connectivity index (χ1v) is 6.83. The molecule has 15 heavy (non-hydrogen) atoms. The van der Waals surface area contributed by atoms with Crippen LogP contribution in [0.3, 0.4) is 0 Å². The summed E-state index contributed by atoms with van der Waals surface area (Å²) in [6, 6.07) is 6.91. The molecule has 80 valence electrons. The molecule has 0 aliphatic heterocycles. The lowest BCUT2D eigenvalue weighted by molar-refractivity contribution is 0.585. The van der Waals surface area contributed by atoms with Crippen LogP contribution in [0.1, 0.15) is 28.3 Å². The molecule has 2 aromatic rings. The zero-order valence-corrected chi connectivity index (χ0v) is 10.6. The Morgan fingerprint density at radius 2 is 2.13 bits per heavy atom. The van der Waals surface area contributed by atoms with E-state index in [9.17, 15) is 0 Å². The SMILES string of the molecule is Cc1ccsc1C(C)NCc1cccs1. The summed E-state index contributed by atoms with van der Waals surface area (Å²) in [5.74, 6) is 0. The standard InChI is InChI=1S/C12H15NS2/c1-9-5-7-15-12(9)10(2)13-8-11-4-3-6-14-11/h3-7,10,13H,8H2,1-2H3. The summed E-state index contributed by atoms with van der Waals surface area (Å²) in [7, 11) is 0. The van der Waals surface area contributed by atoms with Gasteiger partial charge in [-0.25, -0.2) is 0 Å². The van der Waals surface area contributed by atoms with E-state index in [2.05, 4.69) is 48.1 Å². The summed E-state index contributed by atoms with van der Waals surface area (Å²) in [5, 5.41) is 7.83. The predicted octanol–water partition coefficient (Wildman–Crippen LogP) is 3.97. The first-order chi connectivity index (χ1) is 7.27. The second-order valence-corrected chi connectivity index (χ2v) is 5.63. The van der Waals surface area contributed by atoms with Gasteiger partial charge in [0, 0.05) is 22.3 Å². The fourth-order valence-electron chi connectivity index (χ4n) is 1.59. The van der Waals surface area contributed by atoms with E-state index >= 15 is 0 Å². The molecule has 0 aliphatic carbocycles.